The van der Waals surface area contributed by atoms with E-state index in [2.05, 4.69) is 0 Å². The van der Waals surface area contributed by atoms with Crippen LogP contribution in [0, 0.1) is 0 Å². The normalized spacial score (nSPS) is 15.7. The highest BCUT2D eigenvalue weighted by atomic mass is 35.5. The van der Waals surface area contributed by atoms with Crippen molar-refractivity contribution in [1.29, 1.82) is 0 Å². The van der Waals surface area contributed by atoms with Crippen molar-refractivity contribution in [3.8, 4) is 0 Å². The van der Waals surface area contributed by atoms with Crippen LogP contribution in [0.2, 0.25) is 15.1 Å². The summed E-state index contributed by atoms with van der Waals surface area (Å²) < 4.78 is 4.88. The molecule has 1 aliphatic heterocycles. The van der Waals surface area contributed by atoms with Crippen LogP contribution in [-0.2, 0) is 14.3 Å². The van der Waals surface area contributed by atoms with Crippen molar-refractivity contribution < 1.29 is 14.3 Å². The van der Waals surface area contributed by atoms with Crippen molar-refractivity contribution in [3.05, 3.63) is 79.9 Å². The zero-order valence-corrected chi connectivity index (χ0v) is 16.7. The largest absolute Gasteiger partial charge is 0.465 e. The topological polar surface area (TPSA) is 46.6 Å². The Morgan fingerprint density at radius 2 is 1.81 bits per heavy atom. The Hall–Kier alpha value is -2.27. The number of allylic oxidation sites excluding steroid dienone is 1. The van der Waals surface area contributed by atoms with Crippen LogP contribution in [0.25, 0.3) is 6.08 Å². The fraction of sp³-hybridized carbons (Fsp3) is 0.100. The maximum atomic E-state index is 13.1. The predicted molar refractivity (Wildman–Crippen MR) is 108 cm³/mol. The van der Waals surface area contributed by atoms with E-state index in [0.29, 0.717) is 32.0 Å². The molecule has 27 heavy (non-hydrogen) atoms. The number of carbonyl (C=O) groups is 2. The molecule has 0 saturated heterocycles. The number of halogens is 3. The molecule has 0 fully saturated rings. The second kappa shape index (κ2) is 7.77. The third kappa shape index (κ3) is 3.61. The Kier molecular flexibility index (Phi) is 5.61. The lowest BCUT2D eigenvalue weighted by atomic mass is 10.0. The first kappa shape index (κ1) is 19.5. The van der Waals surface area contributed by atoms with Gasteiger partial charge in [-0.1, -0.05) is 53.0 Å². The molecule has 3 rings (SSSR count). The zero-order valence-electron chi connectivity index (χ0n) is 14.4. The standard InChI is InChI=1S/C20H14Cl3NO3/c1-11-17(20(26)27-2)15(9-12-5-3-8-16(22)18(12)23)19(25)24(11)14-7-4-6-13(21)10-14/h3-10H,1-2H3/b15-9-. The number of carbonyl (C=O) groups excluding carboxylic acids is 2. The van der Waals surface area contributed by atoms with Crippen molar-refractivity contribution in [2.75, 3.05) is 12.0 Å². The molecule has 4 nitrogen and oxygen atoms in total. The highest BCUT2D eigenvalue weighted by Gasteiger charge is 2.38. The van der Waals surface area contributed by atoms with Gasteiger partial charge >= 0.3 is 5.97 Å². The predicted octanol–water partition coefficient (Wildman–Crippen LogP) is 5.52. The Morgan fingerprint density at radius 1 is 1.11 bits per heavy atom. The number of benzene rings is 2. The molecule has 0 N–H and O–H groups in total. The van der Waals surface area contributed by atoms with Crippen LogP contribution in [0.5, 0.6) is 0 Å². The van der Waals surface area contributed by atoms with Gasteiger partial charge in [0.05, 0.1) is 34.0 Å². The zero-order chi connectivity index (χ0) is 19.7. The number of nitrogens with zero attached hydrogens (tertiary/aromatic N) is 1. The van der Waals surface area contributed by atoms with Crippen molar-refractivity contribution in [1.82, 2.24) is 0 Å². The highest BCUT2D eigenvalue weighted by Crippen LogP contribution is 2.37. The summed E-state index contributed by atoms with van der Waals surface area (Å²) in [6.45, 7) is 1.67. The van der Waals surface area contributed by atoms with Gasteiger partial charge in [-0.05, 0) is 42.8 Å². The number of esters is 1. The minimum absolute atomic E-state index is 0.165. The summed E-state index contributed by atoms with van der Waals surface area (Å²) in [7, 11) is 1.26. The van der Waals surface area contributed by atoms with Crippen LogP contribution in [0.3, 0.4) is 0 Å². The molecule has 0 atom stereocenters. The quantitative estimate of drug-likeness (QED) is 0.483. The molecule has 0 radical (unpaired) electrons. The molecule has 0 unspecified atom stereocenters. The molecule has 2 aromatic carbocycles. The smallest absolute Gasteiger partial charge is 0.340 e. The molecule has 1 amide bonds. The van der Waals surface area contributed by atoms with Crippen molar-refractivity contribution in [3.63, 3.8) is 0 Å². The van der Waals surface area contributed by atoms with E-state index in [-0.39, 0.29) is 17.1 Å². The Bertz CT molecular complexity index is 1010. The lowest BCUT2D eigenvalue weighted by Crippen LogP contribution is -2.24. The Labute approximate surface area is 171 Å². The molecule has 138 valence electrons. The van der Waals surface area contributed by atoms with Gasteiger partial charge in [-0.2, -0.15) is 0 Å². The van der Waals surface area contributed by atoms with Gasteiger partial charge < -0.3 is 4.74 Å². The summed E-state index contributed by atoms with van der Waals surface area (Å²) in [4.78, 5) is 26.9. The van der Waals surface area contributed by atoms with Gasteiger partial charge in [-0.25, -0.2) is 4.79 Å². The van der Waals surface area contributed by atoms with E-state index >= 15 is 0 Å². The maximum Gasteiger partial charge on any atom is 0.340 e. The summed E-state index contributed by atoms with van der Waals surface area (Å²) in [6.07, 6.45) is 1.54. The third-order valence-corrected chi connectivity index (χ3v) is 5.21. The van der Waals surface area contributed by atoms with Crippen LogP contribution in [-0.4, -0.2) is 19.0 Å². The van der Waals surface area contributed by atoms with Gasteiger partial charge in [0.25, 0.3) is 5.91 Å². The molecular weight excluding hydrogens is 409 g/mol. The van der Waals surface area contributed by atoms with Crippen molar-refractivity contribution in [2.45, 2.75) is 6.92 Å². The minimum Gasteiger partial charge on any atom is -0.465 e. The van der Waals surface area contributed by atoms with Gasteiger partial charge in [-0.15, -0.1) is 0 Å². The first-order chi connectivity index (χ1) is 12.8. The second-order valence-electron chi connectivity index (χ2n) is 5.77. The number of methoxy groups -OCH3 is 1. The summed E-state index contributed by atoms with van der Waals surface area (Å²) in [5.41, 5.74) is 1.85. The second-order valence-corrected chi connectivity index (χ2v) is 7.00. The minimum atomic E-state index is -0.616. The van der Waals surface area contributed by atoms with Crippen LogP contribution >= 0.6 is 34.8 Å². The monoisotopic (exact) mass is 421 g/mol. The van der Waals surface area contributed by atoms with E-state index in [0.717, 1.165) is 0 Å². The fourth-order valence-corrected chi connectivity index (χ4v) is 3.44. The number of anilines is 1. The summed E-state index contributed by atoms with van der Waals surface area (Å²) in [5.74, 6) is -0.999. The van der Waals surface area contributed by atoms with Gasteiger partial charge in [0, 0.05) is 10.7 Å². The van der Waals surface area contributed by atoms with Gasteiger partial charge in [0.1, 0.15) is 0 Å². The van der Waals surface area contributed by atoms with Crippen LogP contribution in [0.15, 0.2) is 59.3 Å². The van der Waals surface area contributed by atoms with E-state index < -0.39 is 5.97 Å². The van der Waals surface area contributed by atoms with Crippen LogP contribution in [0.1, 0.15) is 12.5 Å². The number of ether oxygens (including phenoxy) is 1. The van der Waals surface area contributed by atoms with Gasteiger partial charge in [0.2, 0.25) is 0 Å². The lowest BCUT2D eigenvalue weighted by Gasteiger charge is -2.18. The molecule has 1 aliphatic rings. The van der Waals surface area contributed by atoms with Crippen molar-refractivity contribution >= 4 is 58.4 Å². The highest BCUT2D eigenvalue weighted by molar-refractivity contribution is 6.43. The van der Waals surface area contributed by atoms with E-state index in [1.165, 1.54) is 18.1 Å². The molecule has 0 bridgehead atoms. The fourth-order valence-electron chi connectivity index (χ4n) is 2.89. The van der Waals surface area contributed by atoms with E-state index in [1.807, 2.05) is 0 Å². The molecule has 7 heteroatoms. The lowest BCUT2D eigenvalue weighted by molar-refractivity contribution is -0.136. The summed E-state index contributed by atoms with van der Waals surface area (Å²) >= 11 is 18.4. The number of hydrogen-bond acceptors (Lipinski definition) is 3. The summed E-state index contributed by atoms with van der Waals surface area (Å²) in [6, 6.07) is 11.9. The first-order valence-corrected chi connectivity index (χ1v) is 9.04. The number of amides is 1. The molecule has 0 aromatic heterocycles. The molecule has 0 aliphatic carbocycles. The van der Waals surface area contributed by atoms with Crippen LogP contribution in [0.4, 0.5) is 5.69 Å². The first-order valence-electron chi connectivity index (χ1n) is 7.90. The van der Waals surface area contributed by atoms with E-state index in [4.69, 9.17) is 39.5 Å². The maximum absolute atomic E-state index is 13.1. The molecule has 1 heterocycles. The van der Waals surface area contributed by atoms with Gasteiger partial charge in [0.15, 0.2) is 0 Å². The van der Waals surface area contributed by atoms with E-state index in [9.17, 15) is 9.59 Å². The average molecular weight is 423 g/mol. The van der Waals surface area contributed by atoms with Gasteiger partial charge in [-0.3, -0.25) is 9.69 Å². The Morgan fingerprint density at radius 3 is 2.48 bits per heavy atom. The van der Waals surface area contributed by atoms with Crippen molar-refractivity contribution in [2.24, 2.45) is 0 Å². The third-order valence-electron chi connectivity index (χ3n) is 4.14. The summed E-state index contributed by atoms with van der Waals surface area (Å²) in [5, 5.41) is 1.12. The molecule has 0 spiro atoms. The molecular formula is C20H14Cl3NO3. The number of hydrogen-bond donors (Lipinski definition) is 0. The SMILES string of the molecule is COC(=O)C1=C(C)N(c2cccc(Cl)c2)C(=O)/C1=C\c1cccc(Cl)c1Cl. The average Bonchev–Trinajstić information content (AvgIpc) is 2.88. The molecule has 0 saturated carbocycles. The van der Waals surface area contributed by atoms with E-state index in [1.54, 1.807) is 49.4 Å². The molecule has 2 aromatic rings. The Balaban J connectivity index is 2.19. The van der Waals surface area contributed by atoms with Crippen LogP contribution < -0.4 is 4.90 Å². The number of rotatable bonds is 3.